The molecule has 0 saturated carbocycles. The number of amides is 1. The Hall–Kier alpha value is -1.94. The molecule has 19 heavy (non-hydrogen) atoms. The molecule has 0 fully saturated rings. The summed E-state index contributed by atoms with van der Waals surface area (Å²) in [6.45, 7) is 2.04. The van der Waals surface area contributed by atoms with Crippen LogP contribution in [-0.4, -0.2) is 11.7 Å². The van der Waals surface area contributed by atoms with Gasteiger partial charge in [0.25, 0.3) is 0 Å². The summed E-state index contributed by atoms with van der Waals surface area (Å²) in [4.78, 5) is 12.9. The zero-order valence-corrected chi connectivity index (χ0v) is 11.5. The second-order valence-corrected chi connectivity index (χ2v) is 5.32. The molecule has 3 N–H and O–H groups in total. The van der Waals surface area contributed by atoms with E-state index in [-0.39, 0.29) is 5.91 Å². The highest BCUT2D eigenvalue weighted by Crippen LogP contribution is 2.19. The summed E-state index contributed by atoms with van der Waals surface area (Å²) < 4.78 is 0. The highest BCUT2D eigenvalue weighted by Gasteiger charge is 2.03. The van der Waals surface area contributed by atoms with Gasteiger partial charge in [0.2, 0.25) is 5.91 Å². The van der Waals surface area contributed by atoms with E-state index >= 15 is 0 Å². The zero-order valence-electron chi connectivity index (χ0n) is 10.7. The number of hydrogen-bond donors (Lipinski definition) is 2. The van der Waals surface area contributed by atoms with Gasteiger partial charge in [-0.15, -0.1) is 11.8 Å². The van der Waals surface area contributed by atoms with Crippen LogP contribution in [0.15, 0.2) is 53.4 Å². The van der Waals surface area contributed by atoms with Crippen LogP contribution in [0.2, 0.25) is 0 Å². The van der Waals surface area contributed by atoms with Gasteiger partial charge in [-0.25, -0.2) is 0 Å². The molecule has 1 amide bonds. The minimum absolute atomic E-state index is 0.0313. The van der Waals surface area contributed by atoms with E-state index in [4.69, 9.17) is 5.73 Å². The predicted molar refractivity (Wildman–Crippen MR) is 81.4 cm³/mol. The average Bonchev–Trinajstić information content (AvgIpc) is 2.38. The normalized spacial score (nSPS) is 10.2. The fraction of sp³-hybridized carbons (Fsp3) is 0.133. The highest BCUT2D eigenvalue weighted by atomic mass is 32.2. The van der Waals surface area contributed by atoms with Crippen molar-refractivity contribution in [2.45, 2.75) is 11.8 Å². The van der Waals surface area contributed by atoms with Gasteiger partial charge < -0.3 is 11.1 Å². The van der Waals surface area contributed by atoms with Gasteiger partial charge >= 0.3 is 0 Å². The summed E-state index contributed by atoms with van der Waals surface area (Å²) >= 11 is 1.52. The Morgan fingerprint density at radius 3 is 2.63 bits per heavy atom. The van der Waals surface area contributed by atoms with Crippen molar-refractivity contribution in [1.29, 1.82) is 0 Å². The van der Waals surface area contributed by atoms with Crippen LogP contribution < -0.4 is 11.1 Å². The largest absolute Gasteiger partial charge is 0.399 e. The van der Waals surface area contributed by atoms with E-state index in [2.05, 4.69) is 5.32 Å². The lowest BCUT2D eigenvalue weighted by atomic mass is 10.2. The maximum atomic E-state index is 11.8. The fourth-order valence-corrected chi connectivity index (χ4v) is 2.30. The van der Waals surface area contributed by atoms with Crippen molar-refractivity contribution in [3.63, 3.8) is 0 Å². The number of hydrogen-bond acceptors (Lipinski definition) is 3. The van der Waals surface area contributed by atoms with Crippen LogP contribution in [0.3, 0.4) is 0 Å². The molecule has 98 valence electrons. The van der Waals surface area contributed by atoms with Crippen LogP contribution in [0, 0.1) is 6.92 Å². The lowest BCUT2D eigenvalue weighted by Gasteiger charge is -2.06. The molecule has 4 heteroatoms. The molecule has 2 aromatic carbocycles. The lowest BCUT2D eigenvalue weighted by Crippen LogP contribution is -2.14. The first-order valence-corrected chi connectivity index (χ1v) is 6.97. The molecule has 0 aromatic heterocycles. The number of thioether (sulfide) groups is 1. The lowest BCUT2D eigenvalue weighted by molar-refractivity contribution is -0.113. The molecule has 2 aromatic rings. The standard InChI is InChI=1S/C15H16N2OS/c1-11-5-7-14(8-6-11)19-10-15(18)17-13-4-2-3-12(16)9-13/h2-9H,10,16H2,1H3,(H,17,18). The number of anilines is 2. The van der Waals surface area contributed by atoms with Crippen LogP contribution in [0.25, 0.3) is 0 Å². The SMILES string of the molecule is Cc1ccc(SCC(=O)Nc2cccc(N)c2)cc1. The minimum atomic E-state index is -0.0313. The van der Waals surface area contributed by atoms with Crippen LogP contribution in [-0.2, 0) is 4.79 Å². The van der Waals surface area contributed by atoms with E-state index in [1.807, 2.05) is 43.3 Å². The Labute approximate surface area is 117 Å². The van der Waals surface area contributed by atoms with Gasteiger partial charge in [0.1, 0.15) is 0 Å². The summed E-state index contributed by atoms with van der Waals surface area (Å²) in [5.74, 6) is 0.355. The number of nitrogens with one attached hydrogen (secondary N) is 1. The number of carbonyl (C=O) groups is 1. The summed E-state index contributed by atoms with van der Waals surface area (Å²) in [5, 5.41) is 2.82. The van der Waals surface area contributed by atoms with Crippen LogP contribution >= 0.6 is 11.8 Å². The minimum Gasteiger partial charge on any atom is -0.399 e. The van der Waals surface area contributed by atoms with Gasteiger partial charge in [-0.2, -0.15) is 0 Å². The molecule has 0 atom stereocenters. The third-order valence-electron chi connectivity index (χ3n) is 2.56. The molecule has 0 saturated heterocycles. The molecule has 0 radical (unpaired) electrons. The quantitative estimate of drug-likeness (QED) is 0.663. The van der Waals surface area contributed by atoms with Crippen molar-refractivity contribution in [1.82, 2.24) is 0 Å². The van der Waals surface area contributed by atoms with Crippen LogP contribution in [0.4, 0.5) is 11.4 Å². The van der Waals surface area contributed by atoms with Gasteiger partial charge in [0.15, 0.2) is 0 Å². The zero-order chi connectivity index (χ0) is 13.7. The van der Waals surface area contributed by atoms with Crippen molar-refractivity contribution >= 4 is 29.0 Å². The molecular weight excluding hydrogens is 256 g/mol. The number of nitrogen functional groups attached to an aromatic ring is 1. The van der Waals surface area contributed by atoms with Gasteiger partial charge in [-0.3, -0.25) is 4.79 Å². The molecule has 0 spiro atoms. The Balaban J connectivity index is 1.86. The maximum Gasteiger partial charge on any atom is 0.234 e. The van der Waals surface area contributed by atoms with E-state index in [0.717, 1.165) is 10.6 Å². The van der Waals surface area contributed by atoms with Crippen LogP contribution in [0.1, 0.15) is 5.56 Å². The topological polar surface area (TPSA) is 55.1 Å². The monoisotopic (exact) mass is 272 g/mol. The predicted octanol–water partition coefficient (Wildman–Crippen LogP) is 3.31. The molecule has 0 bridgehead atoms. The molecule has 2 rings (SSSR count). The molecular formula is C15H16N2OS. The number of carbonyl (C=O) groups excluding carboxylic acids is 1. The Kier molecular flexibility index (Phi) is 4.47. The van der Waals surface area contributed by atoms with E-state index in [9.17, 15) is 4.79 Å². The third-order valence-corrected chi connectivity index (χ3v) is 3.57. The molecule has 0 unspecified atom stereocenters. The van der Waals surface area contributed by atoms with Gasteiger partial charge in [-0.05, 0) is 37.3 Å². The average molecular weight is 272 g/mol. The summed E-state index contributed by atoms with van der Waals surface area (Å²) in [5.41, 5.74) is 8.25. The number of benzene rings is 2. The van der Waals surface area contributed by atoms with E-state index in [1.54, 1.807) is 12.1 Å². The Bertz CT molecular complexity index is 567. The van der Waals surface area contributed by atoms with Crippen molar-refractivity contribution in [3.05, 3.63) is 54.1 Å². The molecule has 0 aliphatic heterocycles. The summed E-state index contributed by atoms with van der Waals surface area (Å²) in [6, 6.07) is 15.3. The van der Waals surface area contributed by atoms with Crippen molar-refractivity contribution in [3.8, 4) is 0 Å². The van der Waals surface area contributed by atoms with Gasteiger partial charge in [0.05, 0.1) is 5.75 Å². The molecule has 0 heterocycles. The third kappa shape index (κ3) is 4.34. The number of aryl methyl sites for hydroxylation is 1. The Morgan fingerprint density at radius 1 is 1.21 bits per heavy atom. The summed E-state index contributed by atoms with van der Waals surface area (Å²) in [6.07, 6.45) is 0. The number of rotatable bonds is 4. The Morgan fingerprint density at radius 2 is 1.95 bits per heavy atom. The molecule has 0 aliphatic rings. The van der Waals surface area contributed by atoms with Gasteiger partial charge in [-0.1, -0.05) is 23.8 Å². The van der Waals surface area contributed by atoms with E-state index in [1.165, 1.54) is 17.3 Å². The highest BCUT2D eigenvalue weighted by molar-refractivity contribution is 8.00. The van der Waals surface area contributed by atoms with Crippen molar-refractivity contribution in [2.75, 3.05) is 16.8 Å². The molecule has 3 nitrogen and oxygen atoms in total. The van der Waals surface area contributed by atoms with Crippen molar-refractivity contribution in [2.24, 2.45) is 0 Å². The second kappa shape index (κ2) is 6.29. The fourth-order valence-electron chi connectivity index (χ4n) is 1.60. The second-order valence-electron chi connectivity index (χ2n) is 4.28. The summed E-state index contributed by atoms with van der Waals surface area (Å²) in [7, 11) is 0. The van der Waals surface area contributed by atoms with E-state index in [0.29, 0.717) is 11.4 Å². The first kappa shape index (κ1) is 13.5. The van der Waals surface area contributed by atoms with E-state index < -0.39 is 0 Å². The number of nitrogens with two attached hydrogens (primary N) is 1. The van der Waals surface area contributed by atoms with Crippen molar-refractivity contribution < 1.29 is 4.79 Å². The first-order valence-electron chi connectivity index (χ1n) is 5.98. The van der Waals surface area contributed by atoms with Gasteiger partial charge in [0, 0.05) is 16.3 Å². The smallest absolute Gasteiger partial charge is 0.234 e. The molecule has 0 aliphatic carbocycles. The van der Waals surface area contributed by atoms with Crippen LogP contribution in [0.5, 0.6) is 0 Å². The maximum absolute atomic E-state index is 11.8. The first-order chi connectivity index (χ1) is 9.13.